The predicted octanol–water partition coefficient (Wildman–Crippen LogP) is 4.90. The lowest BCUT2D eigenvalue weighted by Gasteiger charge is -2.05. The first-order valence-corrected chi connectivity index (χ1v) is 7.36. The number of fused-ring (bicyclic) bond motifs is 1. The quantitative estimate of drug-likeness (QED) is 0.682. The molecule has 0 radical (unpaired) electrons. The summed E-state index contributed by atoms with van der Waals surface area (Å²) in [5.41, 5.74) is 4.79. The zero-order valence-corrected chi connectivity index (χ0v) is 12.8. The number of imidazole rings is 1. The number of halogens is 1. The van der Waals surface area contributed by atoms with E-state index >= 15 is 0 Å². The fourth-order valence-electron chi connectivity index (χ4n) is 2.44. The molecule has 2 nitrogen and oxygen atoms in total. The van der Waals surface area contributed by atoms with E-state index in [1.54, 1.807) is 0 Å². The second kappa shape index (κ2) is 5.43. The van der Waals surface area contributed by atoms with Crippen LogP contribution in [0.25, 0.3) is 11.0 Å². The number of para-hydroxylation sites is 1. The van der Waals surface area contributed by atoms with Gasteiger partial charge in [0.25, 0.3) is 0 Å². The van der Waals surface area contributed by atoms with Gasteiger partial charge in [0.2, 0.25) is 0 Å². The molecule has 0 atom stereocenters. The second-order valence-corrected chi connectivity index (χ2v) is 5.75. The van der Waals surface area contributed by atoms with Crippen LogP contribution < -0.4 is 0 Å². The fourth-order valence-corrected chi connectivity index (χ4v) is 2.86. The van der Waals surface area contributed by atoms with Gasteiger partial charge in [-0.1, -0.05) is 35.9 Å². The number of hydrogen-bond acceptors (Lipinski definition) is 1. The third-order valence-corrected chi connectivity index (χ3v) is 4.13. The first-order valence-electron chi connectivity index (χ1n) is 6.58. The molecule has 0 saturated carbocycles. The molecule has 0 fully saturated rings. The minimum absolute atomic E-state index is 0.771. The van der Waals surface area contributed by atoms with Crippen molar-refractivity contribution in [3.05, 3.63) is 63.4 Å². The van der Waals surface area contributed by atoms with E-state index in [1.807, 2.05) is 12.1 Å². The number of aromatic nitrogens is 2. The molecule has 20 heavy (non-hydrogen) atoms. The van der Waals surface area contributed by atoms with Gasteiger partial charge in [-0.25, -0.2) is 0 Å². The Kier molecular flexibility index (Phi) is 3.64. The predicted molar refractivity (Wildman–Crippen MR) is 87.0 cm³/mol. The smallest absolute Gasteiger partial charge is 0.178 e. The summed E-state index contributed by atoms with van der Waals surface area (Å²) in [6.45, 7) is 2.96. The lowest BCUT2D eigenvalue weighted by atomic mass is 10.1. The van der Waals surface area contributed by atoms with Crippen molar-refractivity contribution in [3.63, 3.8) is 0 Å². The van der Waals surface area contributed by atoms with Gasteiger partial charge >= 0.3 is 0 Å². The van der Waals surface area contributed by atoms with E-state index in [2.05, 4.69) is 46.8 Å². The van der Waals surface area contributed by atoms with Crippen LogP contribution in [0.4, 0.5) is 0 Å². The zero-order valence-electron chi connectivity index (χ0n) is 11.2. The van der Waals surface area contributed by atoms with Gasteiger partial charge in [0.15, 0.2) is 4.77 Å². The van der Waals surface area contributed by atoms with Gasteiger partial charge in [-0.15, -0.1) is 0 Å². The third kappa shape index (κ3) is 2.51. The minimum Gasteiger partial charge on any atom is -0.330 e. The first kappa shape index (κ1) is 13.4. The monoisotopic (exact) mass is 302 g/mol. The summed E-state index contributed by atoms with van der Waals surface area (Å²) < 4.78 is 2.94. The van der Waals surface area contributed by atoms with E-state index in [-0.39, 0.29) is 0 Å². The van der Waals surface area contributed by atoms with Crippen LogP contribution in [0.15, 0.2) is 42.5 Å². The van der Waals surface area contributed by atoms with Crippen molar-refractivity contribution in [2.75, 3.05) is 0 Å². The van der Waals surface area contributed by atoms with E-state index in [9.17, 15) is 0 Å². The topological polar surface area (TPSA) is 20.7 Å². The largest absolute Gasteiger partial charge is 0.330 e. The third-order valence-electron chi connectivity index (χ3n) is 3.56. The minimum atomic E-state index is 0.771. The molecule has 3 aromatic rings. The number of hydrogen-bond donors (Lipinski definition) is 1. The SMILES string of the molecule is Cc1cccc2c1[nH]c(=S)n2CCc1ccc(Cl)cc1. The standard InChI is InChI=1S/C16H15ClN2S/c1-11-3-2-4-14-15(11)18-16(20)19(14)10-9-12-5-7-13(17)8-6-12/h2-8H,9-10H2,1H3,(H,18,20). The summed E-state index contributed by atoms with van der Waals surface area (Å²) >= 11 is 11.3. The molecule has 0 aliphatic carbocycles. The molecule has 1 heterocycles. The Bertz CT molecular complexity index is 799. The van der Waals surface area contributed by atoms with Crippen molar-refractivity contribution < 1.29 is 0 Å². The Labute approximate surface area is 128 Å². The maximum Gasteiger partial charge on any atom is 0.178 e. The maximum absolute atomic E-state index is 5.91. The molecule has 0 aliphatic heterocycles. The Morgan fingerprint density at radius 3 is 2.65 bits per heavy atom. The number of nitrogens with one attached hydrogen (secondary N) is 1. The second-order valence-electron chi connectivity index (χ2n) is 4.93. The molecule has 0 spiro atoms. The summed E-state index contributed by atoms with van der Waals surface area (Å²) in [7, 11) is 0. The molecule has 0 aliphatic rings. The summed E-state index contributed by atoms with van der Waals surface area (Å²) in [4.78, 5) is 3.30. The van der Waals surface area contributed by atoms with Gasteiger partial charge in [0.1, 0.15) is 0 Å². The molecule has 0 bridgehead atoms. The summed E-state index contributed by atoms with van der Waals surface area (Å²) in [6, 6.07) is 14.2. The molecule has 102 valence electrons. The number of benzene rings is 2. The molecule has 0 saturated heterocycles. The average Bonchev–Trinajstić information content (AvgIpc) is 2.76. The van der Waals surface area contributed by atoms with Crippen molar-refractivity contribution in [2.24, 2.45) is 0 Å². The number of H-pyrrole nitrogens is 1. The molecular formula is C16H15ClN2S. The van der Waals surface area contributed by atoms with Crippen LogP contribution in [-0.4, -0.2) is 9.55 Å². The van der Waals surface area contributed by atoms with Crippen LogP contribution in [0, 0.1) is 11.7 Å². The molecule has 1 aromatic heterocycles. The number of aromatic amines is 1. The molecule has 4 heteroatoms. The van der Waals surface area contributed by atoms with Crippen LogP contribution in [-0.2, 0) is 13.0 Å². The van der Waals surface area contributed by atoms with Gasteiger partial charge in [-0.2, -0.15) is 0 Å². The first-order chi connectivity index (χ1) is 9.65. The van der Waals surface area contributed by atoms with E-state index in [0.717, 1.165) is 28.3 Å². The van der Waals surface area contributed by atoms with Crippen molar-refractivity contribution in [2.45, 2.75) is 19.9 Å². The van der Waals surface area contributed by atoms with Crippen molar-refractivity contribution >= 4 is 34.9 Å². The zero-order chi connectivity index (χ0) is 14.1. The van der Waals surface area contributed by atoms with Gasteiger partial charge in [0.05, 0.1) is 11.0 Å². The summed E-state index contributed by atoms with van der Waals surface area (Å²) in [6.07, 6.45) is 0.937. The van der Waals surface area contributed by atoms with Crippen molar-refractivity contribution in [1.82, 2.24) is 9.55 Å². The van der Waals surface area contributed by atoms with Crippen LogP contribution in [0.1, 0.15) is 11.1 Å². The molecular weight excluding hydrogens is 288 g/mol. The fraction of sp³-hybridized carbons (Fsp3) is 0.188. The Hall–Kier alpha value is -1.58. The summed E-state index contributed by atoms with van der Waals surface area (Å²) in [5, 5.41) is 0.771. The highest BCUT2D eigenvalue weighted by molar-refractivity contribution is 7.71. The summed E-state index contributed by atoms with van der Waals surface area (Å²) in [5.74, 6) is 0. The highest BCUT2D eigenvalue weighted by atomic mass is 35.5. The van der Waals surface area contributed by atoms with Crippen molar-refractivity contribution in [1.29, 1.82) is 0 Å². The van der Waals surface area contributed by atoms with Crippen molar-refractivity contribution in [3.8, 4) is 0 Å². The molecule has 1 N–H and O–H groups in total. The molecule has 0 amide bonds. The number of rotatable bonds is 3. The molecule has 3 rings (SSSR count). The van der Waals surface area contributed by atoms with E-state index < -0.39 is 0 Å². The van der Waals surface area contributed by atoms with E-state index in [1.165, 1.54) is 16.6 Å². The Morgan fingerprint density at radius 1 is 1.15 bits per heavy atom. The maximum atomic E-state index is 5.91. The van der Waals surface area contributed by atoms with Gasteiger partial charge < -0.3 is 9.55 Å². The Balaban J connectivity index is 1.91. The number of aryl methyl sites for hydroxylation is 3. The van der Waals surface area contributed by atoms with Gasteiger partial charge in [-0.05, 0) is 54.9 Å². The Morgan fingerprint density at radius 2 is 1.90 bits per heavy atom. The highest BCUT2D eigenvalue weighted by Gasteiger charge is 2.06. The average molecular weight is 303 g/mol. The lowest BCUT2D eigenvalue weighted by Crippen LogP contribution is -2.01. The van der Waals surface area contributed by atoms with Crippen LogP contribution in [0.5, 0.6) is 0 Å². The van der Waals surface area contributed by atoms with Crippen LogP contribution in [0.2, 0.25) is 5.02 Å². The highest BCUT2D eigenvalue weighted by Crippen LogP contribution is 2.18. The molecule has 0 unspecified atom stereocenters. The van der Waals surface area contributed by atoms with Crippen LogP contribution in [0.3, 0.4) is 0 Å². The molecule has 2 aromatic carbocycles. The van der Waals surface area contributed by atoms with Crippen LogP contribution >= 0.6 is 23.8 Å². The van der Waals surface area contributed by atoms with Gasteiger partial charge in [-0.3, -0.25) is 0 Å². The van der Waals surface area contributed by atoms with Gasteiger partial charge in [0, 0.05) is 11.6 Å². The number of nitrogens with zero attached hydrogens (tertiary/aromatic N) is 1. The normalized spacial score (nSPS) is 11.1. The van der Waals surface area contributed by atoms with E-state index in [4.69, 9.17) is 23.8 Å². The van der Waals surface area contributed by atoms with E-state index in [0.29, 0.717) is 0 Å². The lowest BCUT2D eigenvalue weighted by molar-refractivity contribution is 0.706.